The molecule has 0 bridgehead atoms. The monoisotopic (exact) mass is 151 g/mol. The van der Waals surface area contributed by atoms with Crippen molar-refractivity contribution in [3.05, 3.63) is 4.91 Å². The van der Waals surface area contributed by atoms with Gasteiger partial charge in [0.05, 0.1) is 0 Å². The Bertz CT molecular complexity index is 264. The van der Waals surface area contributed by atoms with E-state index in [0.29, 0.717) is 0 Å². The van der Waals surface area contributed by atoms with Crippen LogP contribution in [0.15, 0.2) is 0 Å². The van der Waals surface area contributed by atoms with Crippen molar-refractivity contribution < 1.29 is 17.4 Å². The molecule has 50 valence electrons. The number of carbonyl (C=O) groups excluding carboxylic acids is 1. The van der Waals surface area contributed by atoms with Gasteiger partial charge in [-0.1, -0.05) is 0 Å². The van der Waals surface area contributed by atoms with Gasteiger partial charge in [-0.2, -0.15) is 0 Å². The molecular weight excluding hydrogens is 148 g/mol. The van der Waals surface area contributed by atoms with Crippen LogP contribution in [-0.2, 0) is 15.0 Å². The number of rotatable bonds is 0. The molecule has 6 nitrogen and oxygen atoms in total. The molecule has 0 aliphatic carbocycles. The van der Waals surface area contributed by atoms with Gasteiger partial charge in [-0.05, 0) is 0 Å². The van der Waals surface area contributed by atoms with Gasteiger partial charge >= 0.3 is 16.1 Å². The highest BCUT2D eigenvalue weighted by molar-refractivity contribution is 7.84. The van der Waals surface area contributed by atoms with Gasteiger partial charge in [0.25, 0.3) is 0 Å². The lowest BCUT2D eigenvalue weighted by atomic mass is 10.7. The molecule has 0 spiro atoms. The van der Waals surface area contributed by atoms with Gasteiger partial charge in [0.1, 0.15) is 6.54 Å². The molecule has 0 atom stereocenters. The minimum absolute atomic E-state index is 0.425. The molecule has 0 radical (unpaired) electrons. The average Bonchev–Trinajstić information content (AvgIpc) is 1.97. The fraction of sp³-hybridized carbons (Fsp3) is 0.500. The Kier molecular flexibility index (Phi) is 1.11. The molecule has 0 aromatic rings. The van der Waals surface area contributed by atoms with Crippen molar-refractivity contribution in [2.24, 2.45) is 0 Å². The number of nitroso groups, excluding NO2 is 1. The molecule has 0 unspecified atom stereocenters. The Morgan fingerprint density at radius 1 is 1.56 bits per heavy atom. The van der Waals surface area contributed by atoms with Gasteiger partial charge in [0.2, 0.25) is 4.17 Å². The number of nitrogens with zero attached hydrogens (tertiary/aromatic N) is 1. The van der Waals surface area contributed by atoms with Crippen LogP contribution >= 0.6 is 0 Å². The second kappa shape index (κ2) is 1.58. The summed E-state index contributed by atoms with van der Waals surface area (Å²) in [6.07, 6.45) is 0. The van der Waals surface area contributed by atoms with Gasteiger partial charge in [-0.3, -0.25) is 0 Å². The van der Waals surface area contributed by atoms with Crippen LogP contribution in [0.3, 0.4) is 0 Å². The molecule has 1 amide bonds. The largest absolute Gasteiger partial charge is 0.493 e. The van der Waals surface area contributed by atoms with Crippen molar-refractivity contribution in [2.45, 2.75) is 0 Å². The molecule has 1 rings (SSSR count). The average molecular weight is 151 g/mol. The second-order valence-corrected chi connectivity index (χ2v) is 3.02. The SMILES string of the molecule is O=C1CNS(=O)(=O)[N+]1=O. The van der Waals surface area contributed by atoms with Crippen LogP contribution < -0.4 is 4.72 Å². The van der Waals surface area contributed by atoms with Crippen LogP contribution in [0.5, 0.6) is 0 Å². The summed E-state index contributed by atoms with van der Waals surface area (Å²) in [4.78, 5) is 20.3. The van der Waals surface area contributed by atoms with E-state index in [1.807, 2.05) is 0 Å². The maximum absolute atomic E-state index is 10.3. The molecule has 0 aromatic heterocycles. The van der Waals surface area contributed by atoms with E-state index in [1.165, 1.54) is 0 Å². The zero-order chi connectivity index (χ0) is 7.07. The van der Waals surface area contributed by atoms with E-state index >= 15 is 0 Å². The molecule has 1 aliphatic rings. The molecule has 1 aliphatic heterocycles. The fourth-order valence-corrected chi connectivity index (χ4v) is 1.17. The third kappa shape index (κ3) is 0.836. The number of nitrogens with one attached hydrogen (secondary N) is 1. The van der Waals surface area contributed by atoms with Crippen LogP contribution in [0.1, 0.15) is 0 Å². The van der Waals surface area contributed by atoms with E-state index < -0.39 is 26.8 Å². The molecule has 1 saturated heterocycles. The Morgan fingerprint density at radius 3 is 2.22 bits per heavy atom. The van der Waals surface area contributed by atoms with E-state index in [0.717, 1.165) is 0 Å². The first-order valence-electron chi connectivity index (χ1n) is 2.04. The maximum atomic E-state index is 10.3. The quantitative estimate of drug-likeness (QED) is 0.411. The Hall–Kier alpha value is -0.820. The van der Waals surface area contributed by atoms with E-state index in [1.54, 1.807) is 4.72 Å². The predicted octanol–water partition coefficient (Wildman–Crippen LogP) is -1.86. The minimum atomic E-state index is -4.00. The van der Waals surface area contributed by atoms with Crippen LogP contribution in [-0.4, -0.2) is 25.0 Å². The number of hydrogen-bond acceptors (Lipinski definition) is 4. The highest BCUT2D eigenvalue weighted by atomic mass is 32.2. The summed E-state index contributed by atoms with van der Waals surface area (Å²) in [5, 5.41) is 0. The highest BCUT2D eigenvalue weighted by Crippen LogP contribution is 1.94. The Labute approximate surface area is 50.6 Å². The van der Waals surface area contributed by atoms with Gasteiger partial charge in [-0.25, -0.2) is 4.79 Å². The van der Waals surface area contributed by atoms with E-state index in [4.69, 9.17) is 0 Å². The van der Waals surface area contributed by atoms with Crippen LogP contribution in [0, 0.1) is 4.91 Å². The normalized spacial score (nSPS) is 24.9. The van der Waals surface area contributed by atoms with Crippen LogP contribution in [0.25, 0.3) is 0 Å². The minimum Gasteiger partial charge on any atom is -0.212 e. The molecular formula is C2H3N2O4S+. The van der Waals surface area contributed by atoms with Crippen LogP contribution in [0.2, 0.25) is 0 Å². The van der Waals surface area contributed by atoms with Crippen molar-refractivity contribution in [3.63, 3.8) is 0 Å². The summed E-state index contributed by atoms with van der Waals surface area (Å²) in [5.74, 6) is -0.977. The van der Waals surface area contributed by atoms with E-state index in [9.17, 15) is 18.1 Å². The summed E-state index contributed by atoms with van der Waals surface area (Å²) < 4.78 is 21.7. The summed E-state index contributed by atoms with van der Waals surface area (Å²) in [6, 6.07) is 0. The molecule has 0 aromatic carbocycles. The summed E-state index contributed by atoms with van der Waals surface area (Å²) >= 11 is 0. The lowest BCUT2D eigenvalue weighted by Crippen LogP contribution is -2.20. The molecule has 1 fully saturated rings. The third-order valence-corrected chi connectivity index (χ3v) is 1.98. The molecule has 1 N–H and O–H groups in total. The smallest absolute Gasteiger partial charge is 0.212 e. The lowest BCUT2D eigenvalue weighted by Gasteiger charge is -1.72. The molecule has 0 saturated carbocycles. The van der Waals surface area contributed by atoms with Crippen molar-refractivity contribution in [2.75, 3.05) is 6.54 Å². The number of amides is 1. The fourth-order valence-electron chi connectivity index (χ4n) is 0.410. The second-order valence-electron chi connectivity index (χ2n) is 1.45. The molecule has 1 heterocycles. The third-order valence-electron chi connectivity index (χ3n) is 0.828. The summed E-state index contributed by atoms with van der Waals surface area (Å²) in [5.41, 5.74) is 0. The van der Waals surface area contributed by atoms with Gasteiger partial charge < -0.3 is 0 Å². The first-order chi connectivity index (χ1) is 4.04. The number of hydrogen-bond donors (Lipinski definition) is 1. The molecule has 7 heteroatoms. The standard InChI is InChI=1S/C2H3N2O4S/c5-2-1-3-9(7,8)4(2)6/h3H,1H2/q+1. The zero-order valence-electron chi connectivity index (χ0n) is 4.20. The van der Waals surface area contributed by atoms with Crippen molar-refractivity contribution in [1.29, 1.82) is 0 Å². The Morgan fingerprint density at radius 2 is 2.11 bits per heavy atom. The van der Waals surface area contributed by atoms with Gasteiger partial charge in [0, 0.05) is 4.91 Å². The maximum Gasteiger partial charge on any atom is 0.493 e. The van der Waals surface area contributed by atoms with E-state index in [-0.39, 0.29) is 0 Å². The predicted molar refractivity (Wildman–Crippen MR) is 25.6 cm³/mol. The summed E-state index contributed by atoms with van der Waals surface area (Å²) in [6.45, 7) is -0.425. The van der Waals surface area contributed by atoms with E-state index in [2.05, 4.69) is 0 Å². The summed E-state index contributed by atoms with van der Waals surface area (Å²) in [7, 11) is -4.00. The first kappa shape index (κ1) is 6.30. The number of carbonyl (C=O) groups is 1. The highest BCUT2D eigenvalue weighted by Gasteiger charge is 2.45. The lowest BCUT2D eigenvalue weighted by molar-refractivity contribution is -0.316. The van der Waals surface area contributed by atoms with Crippen molar-refractivity contribution >= 4 is 16.1 Å². The van der Waals surface area contributed by atoms with Crippen molar-refractivity contribution in [1.82, 2.24) is 4.72 Å². The molecule has 9 heavy (non-hydrogen) atoms. The Balaban J connectivity index is 3.16. The van der Waals surface area contributed by atoms with Crippen molar-refractivity contribution in [3.8, 4) is 0 Å². The zero-order valence-corrected chi connectivity index (χ0v) is 5.01. The van der Waals surface area contributed by atoms with Gasteiger partial charge in [-0.15, -0.1) is 13.1 Å². The topological polar surface area (TPSA) is 83.3 Å². The first-order valence-corrected chi connectivity index (χ1v) is 3.48. The van der Waals surface area contributed by atoms with Crippen LogP contribution in [0.4, 0.5) is 0 Å². The van der Waals surface area contributed by atoms with Gasteiger partial charge in [0.15, 0.2) is 0 Å².